The van der Waals surface area contributed by atoms with Gasteiger partial charge in [0.05, 0.1) is 18.5 Å². The largest absolute Gasteiger partial charge is 0.396 e. The molecule has 0 spiro atoms. The molecule has 1 saturated heterocycles. The smallest absolute Gasteiger partial charge is 0.0703 e. The quantitative estimate of drug-likeness (QED) is 0.809. The summed E-state index contributed by atoms with van der Waals surface area (Å²) in [5.74, 6) is 0. The average Bonchev–Trinajstić information content (AvgIpc) is 2.84. The van der Waals surface area contributed by atoms with Crippen LogP contribution in [0.25, 0.3) is 0 Å². The number of aliphatic hydroxyl groups excluding tert-OH is 2. The number of hydrogen-bond donors (Lipinski definition) is 2. The molecule has 0 aromatic carbocycles. The predicted molar refractivity (Wildman–Crippen MR) is 66.8 cm³/mol. The van der Waals surface area contributed by atoms with Gasteiger partial charge in [0, 0.05) is 31.0 Å². The fourth-order valence-corrected chi connectivity index (χ4v) is 2.59. The zero-order valence-electron chi connectivity index (χ0n) is 10.0. The number of aromatic nitrogens is 1. The molecule has 4 nitrogen and oxygen atoms in total. The minimum atomic E-state index is 0.0566. The molecule has 17 heavy (non-hydrogen) atoms. The van der Waals surface area contributed by atoms with Crippen molar-refractivity contribution < 1.29 is 10.2 Å². The summed E-state index contributed by atoms with van der Waals surface area (Å²) < 4.78 is 0. The summed E-state index contributed by atoms with van der Waals surface area (Å²) in [4.78, 5) is 6.48. The van der Waals surface area contributed by atoms with Gasteiger partial charge < -0.3 is 15.1 Å². The van der Waals surface area contributed by atoms with Crippen molar-refractivity contribution in [2.24, 2.45) is 0 Å². The van der Waals surface area contributed by atoms with Crippen molar-refractivity contribution in [3.05, 3.63) is 24.0 Å². The maximum absolute atomic E-state index is 9.35. The van der Waals surface area contributed by atoms with Gasteiger partial charge in [0.1, 0.15) is 0 Å². The highest BCUT2D eigenvalue weighted by molar-refractivity contribution is 5.53. The highest BCUT2D eigenvalue weighted by atomic mass is 16.3. The minimum absolute atomic E-state index is 0.0566. The van der Waals surface area contributed by atoms with E-state index in [4.69, 9.17) is 5.11 Å². The molecular weight excluding hydrogens is 216 g/mol. The van der Waals surface area contributed by atoms with Crippen LogP contribution >= 0.6 is 0 Å². The molecule has 1 atom stereocenters. The Morgan fingerprint density at radius 3 is 3.06 bits per heavy atom. The van der Waals surface area contributed by atoms with Gasteiger partial charge in [0.25, 0.3) is 0 Å². The van der Waals surface area contributed by atoms with Crippen LogP contribution in [0.5, 0.6) is 0 Å². The molecule has 1 aromatic rings. The lowest BCUT2D eigenvalue weighted by Crippen LogP contribution is -2.30. The number of aliphatic hydroxyl groups is 2. The van der Waals surface area contributed by atoms with Crippen LogP contribution in [-0.4, -0.2) is 34.4 Å². The summed E-state index contributed by atoms with van der Waals surface area (Å²) >= 11 is 0. The lowest BCUT2D eigenvalue weighted by molar-refractivity contribution is 0.277. The maximum atomic E-state index is 9.35. The molecule has 0 amide bonds. The number of anilines is 1. The van der Waals surface area contributed by atoms with E-state index in [0.717, 1.165) is 30.6 Å². The van der Waals surface area contributed by atoms with Gasteiger partial charge in [0.15, 0.2) is 0 Å². The van der Waals surface area contributed by atoms with Gasteiger partial charge in [-0.3, -0.25) is 4.98 Å². The lowest BCUT2D eigenvalue weighted by Gasteiger charge is -2.28. The van der Waals surface area contributed by atoms with E-state index in [1.54, 1.807) is 6.20 Å². The van der Waals surface area contributed by atoms with E-state index in [0.29, 0.717) is 6.04 Å². The molecule has 0 radical (unpaired) electrons. The molecule has 2 N–H and O–H groups in total. The Balaban J connectivity index is 2.14. The molecule has 1 aliphatic rings. The van der Waals surface area contributed by atoms with Crippen LogP contribution in [0, 0.1) is 0 Å². The zero-order valence-corrected chi connectivity index (χ0v) is 10.0. The molecular formula is C13H20N2O2. The summed E-state index contributed by atoms with van der Waals surface area (Å²) in [5.41, 5.74) is 1.99. The molecule has 1 unspecified atom stereocenters. The first-order valence-corrected chi connectivity index (χ1v) is 6.28. The molecule has 0 bridgehead atoms. The van der Waals surface area contributed by atoms with Crippen molar-refractivity contribution in [1.29, 1.82) is 0 Å². The van der Waals surface area contributed by atoms with E-state index in [2.05, 4.69) is 9.88 Å². The highest BCUT2D eigenvalue weighted by Gasteiger charge is 2.25. The summed E-state index contributed by atoms with van der Waals surface area (Å²) in [6.45, 7) is 1.33. The van der Waals surface area contributed by atoms with Crippen LogP contribution in [0.4, 0.5) is 5.69 Å². The van der Waals surface area contributed by atoms with Crippen molar-refractivity contribution in [2.75, 3.05) is 18.1 Å². The first-order valence-electron chi connectivity index (χ1n) is 6.28. The van der Waals surface area contributed by atoms with E-state index in [-0.39, 0.29) is 13.2 Å². The molecule has 2 heterocycles. The Morgan fingerprint density at radius 2 is 2.29 bits per heavy atom. The molecule has 94 valence electrons. The highest BCUT2D eigenvalue weighted by Crippen LogP contribution is 2.30. The third-order valence-electron chi connectivity index (χ3n) is 3.44. The molecule has 4 heteroatoms. The molecule has 0 saturated carbocycles. The number of pyridine rings is 1. The lowest BCUT2D eigenvalue weighted by atomic mass is 10.1. The minimum Gasteiger partial charge on any atom is -0.396 e. The van der Waals surface area contributed by atoms with Gasteiger partial charge >= 0.3 is 0 Å². The van der Waals surface area contributed by atoms with Gasteiger partial charge in [-0.05, 0) is 31.7 Å². The van der Waals surface area contributed by atoms with E-state index in [9.17, 15) is 5.11 Å². The van der Waals surface area contributed by atoms with Crippen molar-refractivity contribution in [1.82, 2.24) is 4.98 Å². The summed E-state index contributed by atoms with van der Waals surface area (Å²) in [5, 5.41) is 18.3. The van der Waals surface area contributed by atoms with Crippen molar-refractivity contribution in [2.45, 2.75) is 38.3 Å². The SMILES string of the molecule is OCCCC1CCCN1c1cnccc1CO. The fraction of sp³-hybridized carbons (Fsp3) is 0.615. The van der Waals surface area contributed by atoms with Crippen molar-refractivity contribution in [3.63, 3.8) is 0 Å². The summed E-state index contributed by atoms with van der Waals surface area (Å²) in [7, 11) is 0. The first-order chi connectivity index (χ1) is 8.36. The zero-order chi connectivity index (χ0) is 12.1. The Labute approximate surface area is 102 Å². The van der Waals surface area contributed by atoms with Crippen LogP contribution in [0.3, 0.4) is 0 Å². The van der Waals surface area contributed by atoms with Crippen LogP contribution in [0.2, 0.25) is 0 Å². The second-order valence-corrected chi connectivity index (χ2v) is 4.52. The Bertz CT molecular complexity index is 357. The van der Waals surface area contributed by atoms with Gasteiger partial charge in [0.2, 0.25) is 0 Å². The Hall–Kier alpha value is -1.13. The topological polar surface area (TPSA) is 56.6 Å². The van der Waals surface area contributed by atoms with Gasteiger partial charge in [-0.25, -0.2) is 0 Å². The monoisotopic (exact) mass is 236 g/mol. The van der Waals surface area contributed by atoms with Crippen LogP contribution < -0.4 is 4.90 Å². The third-order valence-corrected chi connectivity index (χ3v) is 3.44. The maximum Gasteiger partial charge on any atom is 0.0703 e. The fourth-order valence-electron chi connectivity index (χ4n) is 2.59. The number of hydrogen-bond acceptors (Lipinski definition) is 4. The molecule has 1 fully saturated rings. The Kier molecular flexibility index (Phi) is 4.34. The van der Waals surface area contributed by atoms with Gasteiger partial charge in [-0.15, -0.1) is 0 Å². The van der Waals surface area contributed by atoms with Crippen molar-refractivity contribution >= 4 is 5.69 Å². The predicted octanol–water partition coefficient (Wildman–Crippen LogP) is 1.32. The third kappa shape index (κ3) is 2.76. The summed E-state index contributed by atoms with van der Waals surface area (Å²) in [6, 6.07) is 2.35. The summed E-state index contributed by atoms with van der Waals surface area (Å²) in [6.07, 6.45) is 7.75. The Morgan fingerprint density at radius 1 is 1.41 bits per heavy atom. The normalized spacial score (nSPS) is 19.9. The van der Waals surface area contributed by atoms with E-state index >= 15 is 0 Å². The van der Waals surface area contributed by atoms with Crippen molar-refractivity contribution in [3.8, 4) is 0 Å². The van der Waals surface area contributed by atoms with Crippen LogP contribution in [0.1, 0.15) is 31.2 Å². The molecule has 1 aromatic heterocycles. The second-order valence-electron chi connectivity index (χ2n) is 4.52. The molecule has 2 rings (SSSR count). The average molecular weight is 236 g/mol. The van der Waals surface area contributed by atoms with Gasteiger partial charge in [-0.1, -0.05) is 0 Å². The number of rotatable bonds is 5. The van der Waals surface area contributed by atoms with E-state index in [1.807, 2.05) is 12.3 Å². The van der Waals surface area contributed by atoms with Gasteiger partial charge in [-0.2, -0.15) is 0 Å². The second kappa shape index (κ2) is 5.98. The molecule has 1 aliphatic heterocycles. The van der Waals surface area contributed by atoms with Crippen LogP contribution in [0.15, 0.2) is 18.5 Å². The van der Waals surface area contributed by atoms with E-state index < -0.39 is 0 Å². The van der Waals surface area contributed by atoms with E-state index in [1.165, 1.54) is 12.8 Å². The standard InChI is InChI=1S/C13H20N2O2/c16-8-2-4-12-3-1-7-15(12)13-9-14-6-5-11(13)10-17/h5-6,9,12,16-17H,1-4,7-8,10H2. The van der Waals surface area contributed by atoms with Crippen LogP contribution in [-0.2, 0) is 6.61 Å². The first kappa shape index (κ1) is 12.3. The number of nitrogens with zero attached hydrogens (tertiary/aromatic N) is 2. The molecule has 0 aliphatic carbocycles.